The molecule has 0 amide bonds. The number of hydrogen-bond acceptors (Lipinski definition) is 2. The molecule has 0 saturated carbocycles. The van der Waals surface area contributed by atoms with Gasteiger partial charge in [-0.05, 0) is 11.6 Å². The van der Waals surface area contributed by atoms with E-state index in [1.54, 1.807) is 12.1 Å². The molecule has 0 aliphatic carbocycles. The monoisotopic (exact) mass is 237 g/mol. The Bertz CT molecular complexity index is 560. The SMILES string of the molecule is C=C[C@H](N)c1cccc(C(=O)c2ccccc2)c1. The Morgan fingerprint density at radius 2 is 1.72 bits per heavy atom. The maximum atomic E-state index is 12.2. The van der Waals surface area contributed by atoms with Gasteiger partial charge >= 0.3 is 0 Å². The summed E-state index contributed by atoms with van der Waals surface area (Å²) in [6, 6.07) is 16.3. The lowest BCUT2D eigenvalue weighted by Gasteiger charge is -2.08. The fourth-order valence-electron chi connectivity index (χ4n) is 1.78. The van der Waals surface area contributed by atoms with Gasteiger partial charge in [0.2, 0.25) is 0 Å². The molecule has 2 aromatic rings. The molecular weight excluding hydrogens is 222 g/mol. The molecule has 0 bridgehead atoms. The van der Waals surface area contributed by atoms with E-state index in [2.05, 4.69) is 6.58 Å². The van der Waals surface area contributed by atoms with Crippen LogP contribution in [0.3, 0.4) is 0 Å². The minimum absolute atomic E-state index is 0.00807. The largest absolute Gasteiger partial charge is 0.321 e. The third kappa shape index (κ3) is 2.55. The van der Waals surface area contributed by atoms with Crippen LogP contribution in [0.2, 0.25) is 0 Å². The molecule has 0 aliphatic rings. The van der Waals surface area contributed by atoms with Gasteiger partial charge in [-0.3, -0.25) is 4.79 Å². The van der Waals surface area contributed by atoms with Crippen molar-refractivity contribution in [3.63, 3.8) is 0 Å². The second kappa shape index (κ2) is 5.43. The number of rotatable bonds is 4. The van der Waals surface area contributed by atoms with Crippen LogP contribution in [0.5, 0.6) is 0 Å². The van der Waals surface area contributed by atoms with Gasteiger partial charge in [-0.15, -0.1) is 6.58 Å². The van der Waals surface area contributed by atoms with Crippen molar-refractivity contribution in [2.24, 2.45) is 5.73 Å². The highest BCUT2D eigenvalue weighted by Crippen LogP contribution is 2.16. The van der Waals surface area contributed by atoms with Crippen LogP contribution in [0.4, 0.5) is 0 Å². The van der Waals surface area contributed by atoms with Crippen LogP contribution in [-0.4, -0.2) is 5.78 Å². The summed E-state index contributed by atoms with van der Waals surface area (Å²) in [5.74, 6) is 0.00807. The summed E-state index contributed by atoms with van der Waals surface area (Å²) in [5.41, 5.74) is 8.10. The molecule has 0 saturated heterocycles. The number of benzene rings is 2. The topological polar surface area (TPSA) is 43.1 Å². The standard InChI is InChI=1S/C16H15NO/c1-2-15(17)13-9-6-10-14(11-13)16(18)12-7-4-3-5-8-12/h2-11,15H,1,17H2/t15-/m0/s1. The summed E-state index contributed by atoms with van der Waals surface area (Å²) >= 11 is 0. The Labute approximate surface area is 107 Å². The lowest BCUT2D eigenvalue weighted by molar-refractivity contribution is 0.103. The Kier molecular flexibility index (Phi) is 3.70. The van der Waals surface area contributed by atoms with E-state index in [9.17, 15) is 4.79 Å². The third-order valence-electron chi connectivity index (χ3n) is 2.82. The highest BCUT2D eigenvalue weighted by atomic mass is 16.1. The average Bonchev–Trinajstić information content (AvgIpc) is 2.46. The number of hydrogen-bond donors (Lipinski definition) is 1. The van der Waals surface area contributed by atoms with Gasteiger partial charge in [-0.2, -0.15) is 0 Å². The van der Waals surface area contributed by atoms with Gasteiger partial charge < -0.3 is 5.73 Å². The molecule has 0 aromatic heterocycles. The fraction of sp³-hybridized carbons (Fsp3) is 0.0625. The first-order valence-corrected chi connectivity index (χ1v) is 5.80. The Hall–Kier alpha value is -2.19. The predicted octanol–water partition coefficient (Wildman–Crippen LogP) is 3.10. The Balaban J connectivity index is 2.34. The van der Waals surface area contributed by atoms with Crippen molar-refractivity contribution in [2.75, 3.05) is 0 Å². The predicted molar refractivity (Wildman–Crippen MR) is 73.4 cm³/mol. The van der Waals surface area contributed by atoms with Gasteiger partial charge in [-0.25, -0.2) is 0 Å². The highest BCUT2D eigenvalue weighted by molar-refractivity contribution is 6.09. The van der Waals surface area contributed by atoms with Crippen molar-refractivity contribution in [2.45, 2.75) is 6.04 Å². The van der Waals surface area contributed by atoms with Gasteiger partial charge in [0.1, 0.15) is 0 Å². The van der Waals surface area contributed by atoms with Gasteiger partial charge in [0, 0.05) is 17.2 Å². The first-order chi connectivity index (χ1) is 8.72. The van der Waals surface area contributed by atoms with Gasteiger partial charge in [0.05, 0.1) is 0 Å². The first-order valence-electron chi connectivity index (χ1n) is 5.80. The summed E-state index contributed by atoms with van der Waals surface area (Å²) in [7, 11) is 0. The molecular formula is C16H15NO. The number of ketones is 1. The van der Waals surface area contributed by atoms with Crippen molar-refractivity contribution < 1.29 is 4.79 Å². The second-order valence-corrected chi connectivity index (χ2v) is 4.08. The summed E-state index contributed by atoms with van der Waals surface area (Å²) in [5, 5.41) is 0. The lowest BCUT2D eigenvalue weighted by Crippen LogP contribution is -2.08. The molecule has 2 rings (SSSR count). The van der Waals surface area contributed by atoms with E-state index in [-0.39, 0.29) is 11.8 Å². The smallest absolute Gasteiger partial charge is 0.193 e. The minimum Gasteiger partial charge on any atom is -0.321 e. The molecule has 1 atom stereocenters. The number of carbonyl (C=O) groups is 1. The molecule has 0 fully saturated rings. The van der Waals surface area contributed by atoms with Crippen molar-refractivity contribution >= 4 is 5.78 Å². The molecule has 0 unspecified atom stereocenters. The molecule has 2 aromatic carbocycles. The molecule has 0 radical (unpaired) electrons. The van der Waals surface area contributed by atoms with E-state index in [0.717, 1.165) is 5.56 Å². The maximum Gasteiger partial charge on any atom is 0.193 e. The quantitative estimate of drug-likeness (QED) is 0.656. The van der Waals surface area contributed by atoms with Crippen LogP contribution >= 0.6 is 0 Å². The molecule has 0 heterocycles. The molecule has 0 aliphatic heterocycles. The van der Waals surface area contributed by atoms with E-state index in [1.165, 1.54) is 0 Å². The van der Waals surface area contributed by atoms with Crippen molar-refractivity contribution in [3.8, 4) is 0 Å². The zero-order chi connectivity index (χ0) is 13.0. The van der Waals surface area contributed by atoms with Crippen molar-refractivity contribution in [1.82, 2.24) is 0 Å². The summed E-state index contributed by atoms with van der Waals surface area (Å²) in [4.78, 5) is 12.2. The highest BCUT2D eigenvalue weighted by Gasteiger charge is 2.10. The average molecular weight is 237 g/mol. The minimum atomic E-state index is -0.242. The van der Waals surface area contributed by atoms with E-state index in [1.807, 2.05) is 48.5 Å². The Morgan fingerprint density at radius 1 is 1.06 bits per heavy atom. The molecule has 18 heavy (non-hydrogen) atoms. The van der Waals surface area contributed by atoms with E-state index in [0.29, 0.717) is 11.1 Å². The van der Waals surface area contributed by atoms with Gasteiger partial charge in [0.15, 0.2) is 5.78 Å². The fourth-order valence-corrected chi connectivity index (χ4v) is 1.78. The number of nitrogens with two attached hydrogens (primary N) is 1. The summed E-state index contributed by atoms with van der Waals surface area (Å²) in [6.45, 7) is 3.66. The van der Waals surface area contributed by atoms with Crippen LogP contribution in [0, 0.1) is 0 Å². The lowest BCUT2D eigenvalue weighted by atomic mass is 9.99. The van der Waals surface area contributed by atoms with E-state index >= 15 is 0 Å². The zero-order valence-corrected chi connectivity index (χ0v) is 10.0. The summed E-state index contributed by atoms with van der Waals surface area (Å²) < 4.78 is 0. The van der Waals surface area contributed by atoms with Crippen LogP contribution in [-0.2, 0) is 0 Å². The third-order valence-corrected chi connectivity index (χ3v) is 2.82. The molecule has 90 valence electrons. The zero-order valence-electron chi connectivity index (χ0n) is 10.0. The van der Waals surface area contributed by atoms with Crippen molar-refractivity contribution in [3.05, 3.63) is 83.9 Å². The van der Waals surface area contributed by atoms with Gasteiger partial charge in [-0.1, -0.05) is 54.6 Å². The number of carbonyl (C=O) groups excluding carboxylic acids is 1. The summed E-state index contributed by atoms with van der Waals surface area (Å²) in [6.07, 6.45) is 1.66. The van der Waals surface area contributed by atoms with E-state index in [4.69, 9.17) is 5.73 Å². The first kappa shape index (κ1) is 12.3. The van der Waals surface area contributed by atoms with Crippen LogP contribution in [0.1, 0.15) is 27.5 Å². The molecule has 2 N–H and O–H groups in total. The normalized spacial score (nSPS) is 11.8. The second-order valence-electron chi connectivity index (χ2n) is 4.08. The van der Waals surface area contributed by atoms with Crippen LogP contribution in [0.25, 0.3) is 0 Å². The molecule has 0 spiro atoms. The maximum absolute atomic E-state index is 12.2. The van der Waals surface area contributed by atoms with Crippen LogP contribution in [0.15, 0.2) is 67.3 Å². The Morgan fingerprint density at radius 3 is 2.39 bits per heavy atom. The van der Waals surface area contributed by atoms with Gasteiger partial charge in [0.25, 0.3) is 0 Å². The molecule has 2 nitrogen and oxygen atoms in total. The van der Waals surface area contributed by atoms with E-state index < -0.39 is 0 Å². The van der Waals surface area contributed by atoms with Crippen molar-refractivity contribution in [1.29, 1.82) is 0 Å². The van der Waals surface area contributed by atoms with Crippen LogP contribution < -0.4 is 5.73 Å². The molecule has 2 heteroatoms.